The van der Waals surface area contributed by atoms with Crippen LogP contribution in [0.3, 0.4) is 0 Å². The van der Waals surface area contributed by atoms with Crippen LogP contribution in [0.4, 0.5) is 5.82 Å². The summed E-state index contributed by atoms with van der Waals surface area (Å²) in [7, 11) is 1.74. The Balaban J connectivity index is 2.43. The molecule has 12 heavy (non-hydrogen) atoms. The third kappa shape index (κ3) is 0.995. The number of hydrogen-bond donors (Lipinski definition) is 0. The highest BCUT2D eigenvalue weighted by molar-refractivity contribution is 5.37. The summed E-state index contributed by atoms with van der Waals surface area (Å²) in [5, 5.41) is 0. The SMILES string of the molecule is Cn1ccnc(N2CCC2)c1=O. The van der Waals surface area contributed by atoms with Gasteiger partial charge in [0.1, 0.15) is 0 Å². The van der Waals surface area contributed by atoms with Crippen LogP contribution in [0.1, 0.15) is 6.42 Å². The van der Waals surface area contributed by atoms with Gasteiger partial charge in [0.05, 0.1) is 0 Å². The summed E-state index contributed by atoms with van der Waals surface area (Å²) >= 11 is 0. The maximum Gasteiger partial charge on any atom is 0.293 e. The fourth-order valence-electron chi connectivity index (χ4n) is 1.23. The second-order valence-corrected chi connectivity index (χ2v) is 3.01. The standard InChI is InChI=1S/C8H11N3O/c1-10-6-3-9-7(8(10)12)11-4-2-5-11/h3,6H,2,4-5H2,1H3. The van der Waals surface area contributed by atoms with Crippen LogP contribution in [0.2, 0.25) is 0 Å². The summed E-state index contributed by atoms with van der Waals surface area (Å²) in [4.78, 5) is 17.5. The van der Waals surface area contributed by atoms with Gasteiger partial charge in [0, 0.05) is 32.5 Å². The molecular formula is C8H11N3O. The summed E-state index contributed by atoms with van der Waals surface area (Å²) in [5.74, 6) is 0.589. The fraction of sp³-hybridized carbons (Fsp3) is 0.500. The molecule has 64 valence electrons. The van der Waals surface area contributed by atoms with Gasteiger partial charge in [-0.1, -0.05) is 0 Å². The van der Waals surface area contributed by atoms with Crippen molar-refractivity contribution in [3.05, 3.63) is 22.7 Å². The summed E-state index contributed by atoms with van der Waals surface area (Å²) in [6.07, 6.45) is 4.50. The lowest BCUT2D eigenvalue weighted by atomic mass is 10.2. The van der Waals surface area contributed by atoms with Crippen LogP contribution in [0.25, 0.3) is 0 Å². The molecule has 0 aromatic carbocycles. The fourth-order valence-corrected chi connectivity index (χ4v) is 1.23. The van der Waals surface area contributed by atoms with Crippen LogP contribution < -0.4 is 10.5 Å². The summed E-state index contributed by atoms with van der Waals surface area (Å²) in [5.41, 5.74) is -0.00259. The molecule has 2 heterocycles. The second kappa shape index (κ2) is 2.62. The van der Waals surface area contributed by atoms with Gasteiger partial charge in [-0.15, -0.1) is 0 Å². The third-order valence-corrected chi connectivity index (χ3v) is 2.15. The highest BCUT2D eigenvalue weighted by atomic mass is 16.1. The zero-order chi connectivity index (χ0) is 8.55. The van der Waals surface area contributed by atoms with Crippen molar-refractivity contribution in [2.45, 2.75) is 6.42 Å². The molecule has 1 aliphatic heterocycles. The van der Waals surface area contributed by atoms with Crippen molar-refractivity contribution in [3.63, 3.8) is 0 Å². The number of aromatic nitrogens is 2. The van der Waals surface area contributed by atoms with Gasteiger partial charge in [0.2, 0.25) is 0 Å². The first kappa shape index (κ1) is 7.34. The Morgan fingerprint density at radius 2 is 2.25 bits per heavy atom. The molecule has 2 rings (SSSR count). The molecule has 0 bridgehead atoms. The first-order chi connectivity index (χ1) is 5.79. The van der Waals surface area contributed by atoms with E-state index < -0.39 is 0 Å². The molecule has 0 radical (unpaired) electrons. The molecule has 0 N–H and O–H groups in total. The molecule has 0 atom stereocenters. The highest BCUT2D eigenvalue weighted by Crippen LogP contribution is 2.11. The number of rotatable bonds is 1. The molecule has 1 aliphatic rings. The third-order valence-electron chi connectivity index (χ3n) is 2.15. The van der Waals surface area contributed by atoms with Crippen molar-refractivity contribution < 1.29 is 0 Å². The average molecular weight is 165 g/mol. The van der Waals surface area contributed by atoms with E-state index in [1.54, 1.807) is 24.0 Å². The minimum atomic E-state index is -0.00259. The van der Waals surface area contributed by atoms with Gasteiger partial charge in [-0.25, -0.2) is 4.98 Å². The molecule has 4 heteroatoms. The molecule has 0 amide bonds. The monoisotopic (exact) mass is 165 g/mol. The van der Waals surface area contributed by atoms with E-state index in [0.717, 1.165) is 13.1 Å². The highest BCUT2D eigenvalue weighted by Gasteiger charge is 2.18. The van der Waals surface area contributed by atoms with Gasteiger partial charge < -0.3 is 9.47 Å². The van der Waals surface area contributed by atoms with Crippen LogP contribution in [0.5, 0.6) is 0 Å². The zero-order valence-electron chi connectivity index (χ0n) is 7.03. The molecule has 1 fully saturated rings. The van der Waals surface area contributed by atoms with E-state index in [1.807, 2.05) is 4.90 Å². The van der Waals surface area contributed by atoms with Crippen molar-refractivity contribution in [2.75, 3.05) is 18.0 Å². The molecule has 1 aromatic rings. The molecule has 1 aromatic heterocycles. The molecule has 0 aliphatic carbocycles. The van der Waals surface area contributed by atoms with Crippen LogP contribution in [0.15, 0.2) is 17.2 Å². The maximum atomic E-state index is 11.5. The minimum Gasteiger partial charge on any atom is -0.352 e. The maximum absolute atomic E-state index is 11.5. The van der Waals surface area contributed by atoms with Crippen molar-refractivity contribution in [1.29, 1.82) is 0 Å². The van der Waals surface area contributed by atoms with Crippen molar-refractivity contribution in [3.8, 4) is 0 Å². The molecular weight excluding hydrogens is 154 g/mol. The van der Waals surface area contributed by atoms with E-state index in [-0.39, 0.29) is 5.56 Å². The van der Waals surface area contributed by atoms with Crippen molar-refractivity contribution in [2.24, 2.45) is 7.05 Å². The van der Waals surface area contributed by atoms with Crippen LogP contribution >= 0.6 is 0 Å². The topological polar surface area (TPSA) is 38.1 Å². The first-order valence-electron chi connectivity index (χ1n) is 4.05. The van der Waals surface area contributed by atoms with Gasteiger partial charge >= 0.3 is 0 Å². The Kier molecular flexibility index (Phi) is 1.60. The lowest BCUT2D eigenvalue weighted by Gasteiger charge is -2.31. The molecule has 0 unspecified atom stereocenters. The van der Waals surface area contributed by atoms with Crippen molar-refractivity contribution in [1.82, 2.24) is 9.55 Å². The first-order valence-corrected chi connectivity index (χ1v) is 4.05. The van der Waals surface area contributed by atoms with Crippen LogP contribution in [-0.4, -0.2) is 22.6 Å². The number of hydrogen-bond acceptors (Lipinski definition) is 3. The van der Waals surface area contributed by atoms with Gasteiger partial charge in [-0.2, -0.15) is 0 Å². The Morgan fingerprint density at radius 3 is 2.83 bits per heavy atom. The van der Waals surface area contributed by atoms with Gasteiger partial charge in [0.25, 0.3) is 5.56 Å². The lowest BCUT2D eigenvalue weighted by molar-refractivity contribution is 0.601. The summed E-state index contributed by atoms with van der Waals surface area (Å²) in [6.45, 7) is 1.93. The Bertz CT molecular complexity index is 340. The predicted molar refractivity (Wildman–Crippen MR) is 46.3 cm³/mol. The summed E-state index contributed by atoms with van der Waals surface area (Å²) in [6, 6.07) is 0. The van der Waals surface area contributed by atoms with Gasteiger partial charge in [0.15, 0.2) is 5.82 Å². The van der Waals surface area contributed by atoms with E-state index in [4.69, 9.17) is 0 Å². The Hall–Kier alpha value is -1.32. The normalized spacial score (nSPS) is 15.9. The zero-order valence-corrected chi connectivity index (χ0v) is 7.03. The largest absolute Gasteiger partial charge is 0.352 e. The molecule has 0 saturated carbocycles. The van der Waals surface area contributed by atoms with E-state index in [9.17, 15) is 4.79 Å². The van der Waals surface area contributed by atoms with Crippen LogP contribution in [-0.2, 0) is 7.05 Å². The molecule has 1 saturated heterocycles. The van der Waals surface area contributed by atoms with E-state index in [1.165, 1.54) is 6.42 Å². The van der Waals surface area contributed by atoms with Crippen molar-refractivity contribution >= 4 is 5.82 Å². The van der Waals surface area contributed by atoms with Gasteiger partial charge in [-0.3, -0.25) is 4.79 Å². The lowest BCUT2D eigenvalue weighted by Crippen LogP contribution is -2.42. The predicted octanol–water partition coefficient (Wildman–Crippen LogP) is -0.00960. The molecule has 0 spiro atoms. The number of aryl methyl sites for hydroxylation is 1. The Morgan fingerprint density at radius 1 is 1.50 bits per heavy atom. The second-order valence-electron chi connectivity index (χ2n) is 3.01. The molecule has 4 nitrogen and oxygen atoms in total. The van der Waals surface area contributed by atoms with E-state index >= 15 is 0 Å². The van der Waals surface area contributed by atoms with Gasteiger partial charge in [-0.05, 0) is 6.42 Å². The van der Waals surface area contributed by atoms with E-state index in [2.05, 4.69) is 4.98 Å². The quantitative estimate of drug-likeness (QED) is 0.587. The average Bonchev–Trinajstić information content (AvgIpc) is 1.95. The smallest absolute Gasteiger partial charge is 0.293 e. The number of anilines is 1. The summed E-state index contributed by atoms with van der Waals surface area (Å²) < 4.78 is 1.56. The number of nitrogens with zero attached hydrogens (tertiary/aromatic N) is 3. The minimum absolute atomic E-state index is 0.00259. The Labute approximate surface area is 70.5 Å². The van der Waals surface area contributed by atoms with Crippen LogP contribution in [0, 0.1) is 0 Å². The van der Waals surface area contributed by atoms with E-state index in [0.29, 0.717) is 5.82 Å².